The zero-order valence-electron chi connectivity index (χ0n) is 6.69. The lowest BCUT2D eigenvalue weighted by atomic mass is 10.2. The third kappa shape index (κ3) is 2.28. The molecule has 5 heteroatoms. The molecule has 1 aromatic heterocycles. The first-order valence-corrected chi connectivity index (χ1v) is 4.32. The van der Waals surface area contributed by atoms with Gasteiger partial charge in [0.2, 0.25) is 0 Å². The van der Waals surface area contributed by atoms with Gasteiger partial charge in [0.1, 0.15) is 0 Å². The van der Waals surface area contributed by atoms with Gasteiger partial charge in [-0.2, -0.15) is 0 Å². The molecule has 0 aliphatic rings. The SMILES string of the molecule is COC(=O)CC(N)c1cncs1. The summed E-state index contributed by atoms with van der Waals surface area (Å²) in [5, 5.41) is 0. The van der Waals surface area contributed by atoms with Crippen molar-refractivity contribution in [2.75, 3.05) is 7.11 Å². The molecule has 0 bridgehead atoms. The molecule has 0 aliphatic heterocycles. The van der Waals surface area contributed by atoms with Gasteiger partial charge in [0.25, 0.3) is 0 Å². The van der Waals surface area contributed by atoms with E-state index >= 15 is 0 Å². The van der Waals surface area contributed by atoms with Crippen molar-refractivity contribution in [1.29, 1.82) is 0 Å². The van der Waals surface area contributed by atoms with Gasteiger partial charge in [-0.3, -0.25) is 9.78 Å². The van der Waals surface area contributed by atoms with E-state index in [1.54, 1.807) is 11.7 Å². The molecule has 0 spiro atoms. The smallest absolute Gasteiger partial charge is 0.307 e. The zero-order chi connectivity index (χ0) is 8.97. The number of esters is 1. The number of hydrogen-bond donors (Lipinski definition) is 1. The first-order chi connectivity index (χ1) is 5.74. The van der Waals surface area contributed by atoms with E-state index in [1.165, 1.54) is 18.4 Å². The van der Waals surface area contributed by atoms with E-state index in [4.69, 9.17) is 5.73 Å². The predicted octanol–water partition coefficient (Wildman–Crippen LogP) is 0.706. The second-order valence-electron chi connectivity index (χ2n) is 2.29. The Morgan fingerprint density at radius 1 is 1.92 bits per heavy atom. The zero-order valence-corrected chi connectivity index (χ0v) is 7.50. The maximum atomic E-state index is 10.8. The number of nitrogens with two attached hydrogens (primary N) is 1. The Kier molecular flexibility index (Phi) is 3.19. The average molecular weight is 186 g/mol. The van der Waals surface area contributed by atoms with E-state index in [0.717, 1.165) is 4.88 Å². The summed E-state index contributed by atoms with van der Waals surface area (Å²) < 4.78 is 4.48. The van der Waals surface area contributed by atoms with Crippen molar-refractivity contribution in [3.63, 3.8) is 0 Å². The summed E-state index contributed by atoms with van der Waals surface area (Å²) in [5.41, 5.74) is 7.37. The van der Waals surface area contributed by atoms with Crippen LogP contribution in [0.3, 0.4) is 0 Å². The van der Waals surface area contributed by atoms with Crippen LogP contribution in [-0.4, -0.2) is 18.1 Å². The Morgan fingerprint density at radius 3 is 3.17 bits per heavy atom. The number of nitrogens with zero attached hydrogens (tertiary/aromatic N) is 1. The minimum atomic E-state index is -0.295. The number of thiazole rings is 1. The fraction of sp³-hybridized carbons (Fsp3) is 0.429. The Bertz CT molecular complexity index is 248. The second-order valence-corrected chi connectivity index (χ2v) is 3.21. The summed E-state index contributed by atoms with van der Waals surface area (Å²) in [6.45, 7) is 0. The highest BCUT2D eigenvalue weighted by atomic mass is 32.1. The van der Waals surface area contributed by atoms with Crippen LogP contribution in [0.1, 0.15) is 17.3 Å². The number of hydrogen-bond acceptors (Lipinski definition) is 5. The summed E-state index contributed by atoms with van der Waals surface area (Å²) in [7, 11) is 1.35. The third-order valence-corrected chi connectivity index (χ3v) is 2.34. The van der Waals surface area contributed by atoms with Gasteiger partial charge < -0.3 is 10.5 Å². The van der Waals surface area contributed by atoms with Crippen molar-refractivity contribution < 1.29 is 9.53 Å². The Morgan fingerprint density at radius 2 is 2.67 bits per heavy atom. The van der Waals surface area contributed by atoms with Gasteiger partial charge in [0, 0.05) is 11.1 Å². The van der Waals surface area contributed by atoms with E-state index < -0.39 is 0 Å². The van der Waals surface area contributed by atoms with Crippen LogP contribution in [0.4, 0.5) is 0 Å². The van der Waals surface area contributed by atoms with Gasteiger partial charge in [0.15, 0.2) is 0 Å². The molecule has 0 amide bonds. The molecule has 66 valence electrons. The number of aromatic nitrogens is 1. The minimum Gasteiger partial charge on any atom is -0.469 e. The highest BCUT2D eigenvalue weighted by Crippen LogP contribution is 2.17. The third-order valence-electron chi connectivity index (χ3n) is 1.43. The topological polar surface area (TPSA) is 65.2 Å². The van der Waals surface area contributed by atoms with Crippen LogP contribution >= 0.6 is 11.3 Å². The molecular formula is C7H10N2O2S. The molecule has 1 aromatic rings. The Hall–Kier alpha value is -0.940. The molecular weight excluding hydrogens is 176 g/mol. The molecule has 0 fully saturated rings. The standard InChI is InChI=1S/C7H10N2O2S/c1-11-7(10)2-5(8)6-3-9-4-12-6/h3-5H,2,8H2,1H3. The molecule has 2 N–H and O–H groups in total. The maximum absolute atomic E-state index is 10.8. The molecule has 0 aromatic carbocycles. The number of ether oxygens (including phenoxy) is 1. The predicted molar refractivity (Wildman–Crippen MR) is 45.7 cm³/mol. The average Bonchev–Trinajstić information content (AvgIpc) is 2.56. The summed E-state index contributed by atoms with van der Waals surface area (Å²) in [4.78, 5) is 15.6. The quantitative estimate of drug-likeness (QED) is 0.706. The molecule has 0 radical (unpaired) electrons. The van der Waals surface area contributed by atoms with E-state index in [1.807, 2.05) is 0 Å². The summed E-state index contributed by atoms with van der Waals surface area (Å²) >= 11 is 1.44. The number of rotatable bonds is 3. The first kappa shape index (κ1) is 9.15. The second kappa shape index (κ2) is 4.18. The largest absolute Gasteiger partial charge is 0.469 e. The lowest BCUT2D eigenvalue weighted by molar-refractivity contribution is -0.141. The van der Waals surface area contributed by atoms with E-state index in [0.29, 0.717) is 0 Å². The van der Waals surface area contributed by atoms with Crippen molar-refractivity contribution in [2.24, 2.45) is 5.73 Å². The molecule has 0 saturated heterocycles. The molecule has 1 heterocycles. The first-order valence-electron chi connectivity index (χ1n) is 3.45. The van der Waals surface area contributed by atoms with Gasteiger partial charge in [-0.25, -0.2) is 0 Å². The maximum Gasteiger partial charge on any atom is 0.307 e. The molecule has 4 nitrogen and oxygen atoms in total. The Labute approximate surface area is 74.4 Å². The lowest BCUT2D eigenvalue weighted by Gasteiger charge is -2.05. The molecule has 0 aliphatic carbocycles. The van der Waals surface area contributed by atoms with Crippen LogP contribution in [0.5, 0.6) is 0 Å². The van der Waals surface area contributed by atoms with Crippen molar-refractivity contribution in [2.45, 2.75) is 12.5 Å². The summed E-state index contributed by atoms with van der Waals surface area (Å²) in [5.74, 6) is -0.295. The summed E-state index contributed by atoms with van der Waals surface area (Å²) in [6, 6.07) is -0.287. The fourth-order valence-electron chi connectivity index (χ4n) is 0.772. The van der Waals surface area contributed by atoms with Gasteiger partial charge in [-0.05, 0) is 0 Å². The fourth-order valence-corrected chi connectivity index (χ4v) is 1.40. The molecule has 1 rings (SSSR count). The number of methoxy groups -OCH3 is 1. The van der Waals surface area contributed by atoms with E-state index in [2.05, 4.69) is 9.72 Å². The molecule has 12 heavy (non-hydrogen) atoms. The van der Waals surface area contributed by atoms with Gasteiger partial charge >= 0.3 is 5.97 Å². The lowest BCUT2D eigenvalue weighted by Crippen LogP contribution is -2.15. The van der Waals surface area contributed by atoms with E-state index in [-0.39, 0.29) is 18.4 Å². The van der Waals surface area contributed by atoms with Crippen LogP contribution in [0.2, 0.25) is 0 Å². The number of carbonyl (C=O) groups excluding carboxylic acids is 1. The Balaban J connectivity index is 2.49. The minimum absolute atomic E-state index is 0.207. The van der Waals surface area contributed by atoms with Gasteiger partial charge in [-0.15, -0.1) is 11.3 Å². The van der Waals surface area contributed by atoms with Gasteiger partial charge in [0.05, 0.1) is 25.1 Å². The van der Waals surface area contributed by atoms with Crippen molar-refractivity contribution in [3.05, 3.63) is 16.6 Å². The van der Waals surface area contributed by atoms with Crippen LogP contribution in [0, 0.1) is 0 Å². The van der Waals surface area contributed by atoms with Crippen LogP contribution in [0.25, 0.3) is 0 Å². The molecule has 1 unspecified atom stereocenters. The van der Waals surface area contributed by atoms with E-state index in [9.17, 15) is 4.79 Å². The van der Waals surface area contributed by atoms with Gasteiger partial charge in [-0.1, -0.05) is 0 Å². The highest BCUT2D eigenvalue weighted by molar-refractivity contribution is 7.09. The van der Waals surface area contributed by atoms with Crippen LogP contribution in [0.15, 0.2) is 11.7 Å². The molecule has 0 saturated carbocycles. The van der Waals surface area contributed by atoms with Crippen molar-refractivity contribution in [3.8, 4) is 0 Å². The molecule has 1 atom stereocenters. The highest BCUT2D eigenvalue weighted by Gasteiger charge is 2.12. The van der Waals surface area contributed by atoms with Crippen LogP contribution in [-0.2, 0) is 9.53 Å². The normalized spacial score (nSPS) is 12.5. The number of carbonyl (C=O) groups is 1. The monoisotopic (exact) mass is 186 g/mol. The van der Waals surface area contributed by atoms with Crippen LogP contribution < -0.4 is 5.73 Å². The van der Waals surface area contributed by atoms with Crippen molar-refractivity contribution >= 4 is 17.3 Å². The summed E-state index contributed by atoms with van der Waals surface area (Å²) in [6.07, 6.45) is 1.87. The van der Waals surface area contributed by atoms with Crippen molar-refractivity contribution in [1.82, 2.24) is 4.98 Å².